The van der Waals surface area contributed by atoms with Crippen LogP contribution in [0.25, 0.3) is 5.69 Å². The van der Waals surface area contributed by atoms with Gasteiger partial charge in [-0.15, -0.1) is 0 Å². The van der Waals surface area contributed by atoms with Crippen LogP contribution in [0.15, 0.2) is 85.1 Å². The molecule has 0 bridgehead atoms. The standard InChI is InChI=1S/C27H26N4S/c1-18-12-14-22(17-19(18)2)31-26(25(29-27(31)32)23-11-7-8-16-28-23)24-15-13-20(3)30(24)21-9-5-4-6-10-21/h4-17,25-26H,1-3H3,(H,29,32)/t25-,26+/m0/s1. The van der Waals surface area contributed by atoms with Gasteiger partial charge in [0.25, 0.3) is 0 Å². The predicted octanol–water partition coefficient (Wildman–Crippen LogP) is 5.97. The molecule has 0 radical (unpaired) electrons. The van der Waals surface area contributed by atoms with E-state index in [0.717, 1.165) is 17.1 Å². The van der Waals surface area contributed by atoms with Crippen molar-refractivity contribution in [2.75, 3.05) is 4.90 Å². The molecule has 1 aliphatic heterocycles. The highest BCUT2D eigenvalue weighted by molar-refractivity contribution is 7.80. The molecule has 5 heteroatoms. The number of rotatable bonds is 4. The van der Waals surface area contributed by atoms with Crippen molar-refractivity contribution < 1.29 is 0 Å². The number of pyridine rings is 1. The lowest BCUT2D eigenvalue weighted by molar-refractivity contribution is 0.548. The summed E-state index contributed by atoms with van der Waals surface area (Å²) < 4.78 is 2.32. The van der Waals surface area contributed by atoms with Gasteiger partial charge in [-0.25, -0.2) is 0 Å². The molecule has 2 aromatic heterocycles. The molecule has 2 aromatic carbocycles. The van der Waals surface area contributed by atoms with Crippen molar-refractivity contribution in [3.63, 3.8) is 0 Å². The molecule has 5 rings (SSSR count). The van der Waals surface area contributed by atoms with E-state index < -0.39 is 0 Å². The molecule has 0 saturated carbocycles. The average Bonchev–Trinajstić information content (AvgIpc) is 3.36. The minimum atomic E-state index is -0.0675. The number of hydrogen-bond acceptors (Lipinski definition) is 2. The number of aryl methyl sites for hydroxylation is 3. The Balaban J connectivity index is 1.71. The van der Waals surface area contributed by atoms with E-state index in [1.54, 1.807) is 0 Å². The summed E-state index contributed by atoms with van der Waals surface area (Å²) in [5.74, 6) is 0. The number of thiocarbonyl (C=S) groups is 1. The first-order valence-corrected chi connectivity index (χ1v) is 11.3. The normalized spacial score (nSPS) is 18.1. The molecular weight excluding hydrogens is 412 g/mol. The Morgan fingerprint density at radius 1 is 0.812 bits per heavy atom. The molecule has 1 N–H and O–H groups in total. The van der Waals surface area contributed by atoms with Gasteiger partial charge in [-0.05, 0) is 92.6 Å². The van der Waals surface area contributed by atoms with Crippen molar-refractivity contribution in [1.29, 1.82) is 0 Å². The maximum absolute atomic E-state index is 5.90. The van der Waals surface area contributed by atoms with Crippen LogP contribution in [-0.4, -0.2) is 14.7 Å². The highest BCUT2D eigenvalue weighted by Crippen LogP contribution is 2.43. The van der Waals surface area contributed by atoms with Crippen LogP contribution >= 0.6 is 12.2 Å². The molecular formula is C27H26N4S. The fourth-order valence-electron chi connectivity index (χ4n) is 4.53. The first-order chi connectivity index (χ1) is 15.5. The third-order valence-electron chi connectivity index (χ3n) is 6.29. The van der Waals surface area contributed by atoms with Crippen molar-refractivity contribution >= 4 is 23.0 Å². The summed E-state index contributed by atoms with van der Waals surface area (Å²) in [7, 11) is 0. The van der Waals surface area contributed by atoms with Crippen LogP contribution in [0.1, 0.15) is 40.3 Å². The third kappa shape index (κ3) is 3.49. The van der Waals surface area contributed by atoms with Gasteiger partial charge in [-0.1, -0.05) is 30.3 Å². The Bertz CT molecular complexity index is 1260. The molecule has 4 aromatic rings. The molecule has 2 atom stereocenters. The van der Waals surface area contributed by atoms with E-state index in [1.165, 1.54) is 22.5 Å². The van der Waals surface area contributed by atoms with Crippen molar-refractivity contribution in [3.8, 4) is 5.69 Å². The molecule has 3 heterocycles. The van der Waals surface area contributed by atoms with Gasteiger partial charge >= 0.3 is 0 Å². The van der Waals surface area contributed by atoms with Crippen LogP contribution in [0.5, 0.6) is 0 Å². The van der Waals surface area contributed by atoms with Crippen molar-refractivity contribution in [1.82, 2.24) is 14.9 Å². The van der Waals surface area contributed by atoms with Gasteiger partial charge in [0.1, 0.15) is 6.04 Å². The van der Waals surface area contributed by atoms with Crippen molar-refractivity contribution in [2.24, 2.45) is 0 Å². The minimum absolute atomic E-state index is 0.0478. The topological polar surface area (TPSA) is 33.1 Å². The number of benzene rings is 2. The molecule has 4 nitrogen and oxygen atoms in total. The second-order valence-electron chi connectivity index (χ2n) is 8.34. The number of para-hydroxylation sites is 1. The van der Waals surface area contributed by atoms with Crippen molar-refractivity contribution in [3.05, 3.63) is 113 Å². The number of hydrogen-bond donors (Lipinski definition) is 1. The second kappa shape index (κ2) is 8.24. The van der Waals surface area contributed by atoms with Gasteiger partial charge in [0, 0.05) is 29.0 Å². The molecule has 0 amide bonds. The highest BCUT2D eigenvalue weighted by Gasteiger charge is 2.42. The number of aromatic nitrogens is 2. The SMILES string of the molecule is Cc1ccc(N2C(=S)N[C@@H](c3ccccn3)[C@H]2c2ccc(C)n2-c2ccccc2)cc1C. The largest absolute Gasteiger partial charge is 0.351 e. The van der Waals surface area contributed by atoms with Crippen LogP contribution in [0.4, 0.5) is 5.69 Å². The summed E-state index contributed by atoms with van der Waals surface area (Å²) >= 11 is 5.90. The smallest absolute Gasteiger partial charge is 0.174 e. The molecule has 0 aliphatic carbocycles. The Kier molecular flexibility index (Phi) is 5.27. The first kappa shape index (κ1) is 20.5. The van der Waals surface area contributed by atoms with E-state index in [9.17, 15) is 0 Å². The summed E-state index contributed by atoms with van der Waals surface area (Å²) in [4.78, 5) is 6.93. The Morgan fingerprint density at radius 3 is 2.31 bits per heavy atom. The summed E-state index contributed by atoms with van der Waals surface area (Å²) in [6, 6.07) is 27.4. The molecule has 1 saturated heterocycles. The number of nitrogens with one attached hydrogen (secondary N) is 1. The molecule has 0 spiro atoms. The van der Waals surface area contributed by atoms with Crippen LogP contribution in [0.3, 0.4) is 0 Å². The Labute approximate surface area is 194 Å². The van der Waals surface area contributed by atoms with Gasteiger partial charge < -0.3 is 14.8 Å². The lowest BCUT2D eigenvalue weighted by Crippen LogP contribution is -2.30. The monoisotopic (exact) mass is 438 g/mol. The van der Waals surface area contributed by atoms with E-state index in [1.807, 2.05) is 24.4 Å². The fraction of sp³-hybridized carbons (Fsp3) is 0.185. The van der Waals surface area contributed by atoms with E-state index in [-0.39, 0.29) is 12.1 Å². The molecule has 32 heavy (non-hydrogen) atoms. The van der Waals surface area contributed by atoms with E-state index in [4.69, 9.17) is 12.2 Å². The minimum Gasteiger partial charge on any atom is -0.351 e. The third-order valence-corrected chi connectivity index (χ3v) is 6.60. The van der Waals surface area contributed by atoms with Gasteiger partial charge in [-0.3, -0.25) is 4.98 Å². The van der Waals surface area contributed by atoms with Crippen LogP contribution < -0.4 is 10.2 Å². The van der Waals surface area contributed by atoms with E-state index in [0.29, 0.717) is 5.11 Å². The quantitative estimate of drug-likeness (QED) is 0.398. The number of anilines is 1. The van der Waals surface area contributed by atoms with Gasteiger partial charge in [-0.2, -0.15) is 0 Å². The number of nitrogens with zero attached hydrogens (tertiary/aromatic N) is 3. The second-order valence-corrected chi connectivity index (χ2v) is 8.72. The van der Waals surface area contributed by atoms with E-state index in [2.05, 4.69) is 101 Å². The lowest BCUT2D eigenvalue weighted by atomic mass is 10.00. The Morgan fingerprint density at radius 2 is 1.59 bits per heavy atom. The van der Waals surface area contributed by atoms with Gasteiger partial charge in [0.05, 0.1) is 11.7 Å². The van der Waals surface area contributed by atoms with Gasteiger partial charge in [0.15, 0.2) is 5.11 Å². The summed E-state index contributed by atoms with van der Waals surface area (Å²) in [5, 5.41) is 4.29. The molecule has 0 unspecified atom stereocenters. The lowest BCUT2D eigenvalue weighted by Gasteiger charge is -2.29. The fourth-order valence-corrected chi connectivity index (χ4v) is 4.87. The average molecular weight is 439 g/mol. The zero-order valence-corrected chi connectivity index (χ0v) is 19.3. The molecule has 160 valence electrons. The maximum Gasteiger partial charge on any atom is 0.174 e. The summed E-state index contributed by atoms with van der Waals surface area (Å²) in [6.45, 7) is 6.43. The van der Waals surface area contributed by atoms with E-state index >= 15 is 0 Å². The van der Waals surface area contributed by atoms with Crippen LogP contribution in [0.2, 0.25) is 0 Å². The summed E-state index contributed by atoms with van der Waals surface area (Å²) in [5.41, 5.74) is 8.09. The molecule has 1 fully saturated rings. The zero-order valence-electron chi connectivity index (χ0n) is 18.5. The van der Waals surface area contributed by atoms with Crippen molar-refractivity contribution in [2.45, 2.75) is 32.9 Å². The maximum atomic E-state index is 5.90. The Hall–Kier alpha value is -3.44. The van der Waals surface area contributed by atoms with Crippen LogP contribution in [-0.2, 0) is 0 Å². The summed E-state index contributed by atoms with van der Waals surface area (Å²) in [6.07, 6.45) is 1.84. The van der Waals surface area contributed by atoms with Gasteiger partial charge in [0.2, 0.25) is 0 Å². The zero-order chi connectivity index (χ0) is 22.2. The predicted molar refractivity (Wildman–Crippen MR) is 134 cm³/mol. The highest BCUT2D eigenvalue weighted by atomic mass is 32.1. The first-order valence-electron chi connectivity index (χ1n) is 10.9. The van der Waals surface area contributed by atoms with Crippen LogP contribution in [0, 0.1) is 20.8 Å². The molecule has 1 aliphatic rings.